The number of amides is 2. The molecule has 0 spiro atoms. The molecule has 37 heavy (non-hydrogen) atoms. The summed E-state index contributed by atoms with van der Waals surface area (Å²) in [5, 5.41) is 12.8. The number of esters is 1. The molecule has 198 valence electrons. The highest BCUT2D eigenvalue weighted by atomic mass is 35.5. The van der Waals surface area contributed by atoms with E-state index in [-0.39, 0.29) is 46.6 Å². The average Bonchev–Trinajstić information content (AvgIpc) is 3.31. The first-order valence-electron chi connectivity index (χ1n) is 12.5. The molecule has 2 amide bonds. The average molecular weight is 548 g/mol. The Morgan fingerprint density at radius 3 is 2.43 bits per heavy atom. The molecule has 1 unspecified atom stereocenters. The Labute approximate surface area is 226 Å². The number of halogens is 2. The van der Waals surface area contributed by atoms with Gasteiger partial charge >= 0.3 is 5.97 Å². The van der Waals surface area contributed by atoms with Gasteiger partial charge < -0.3 is 26.0 Å². The number of ether oxygens (including phenoxy) is 1. The van der Waals surface area contributed by atoms with Gasteiger partial charge in [-0.05, 0) is 43.9 Å². The van der Waals surface area contributed by atoms with Gasteiger partial charge in [-0.3, -0.25) is 14.6 Å². The zero-order valence-electron chi connectivity index (χ0n) is 20.6. The Bertz CT molecular complexity index is 1110. The summed E-state index contributed by atoms with van der Waals surface area (Å²) in [5.74, 6) is -1.17. The summed E-state index contributed by atoms with van der Waals surface area (Å²) in [6.45, 7) is 2.66. The third-order valence-electron chi connectivity index (χ3n) is 6.64. The van der Waals surface area contributed by atoms with Crippen LogP contribution in [0.25, 0.3) is 0 Å². The molecule has 4 N–H and O–H groups in total. The first kappa shape index (κ1) is 27.3. The summed E-state index contributed by atoms with van der Waals surface area (Å²) in [4.78, 5) is 42.0. The zero-order valence-corrected chi connectivity index (χ0v) is 22.1. The third kappa shape index (κ3) is 7.19. The Kier molecular flexibility index (Phi) is 9.37. The monoisotopic (exact) mass is 547 g/mol. The van der Waals surface area contributed by atoms with Crippen molar-refractivity contribution in [3.63, 3.8) is 0 Å². The number of hydrogen-bond acceptors (Lipinski definition) is 7. The smallest absolute Gasteiger partial charge is 0.328 e. The molecule has 2 aromatic rings. The lowest BCUT2D eigenvalue weighted by atomic mass is 9.92. The maximum absolute atomic E-state index is 13.0. The number of benzene rings is 1. The molecule has 9 nitrogen and oxygen atoms in total. The number of nitrogens with one attached hydrogen (secondary N) is 4. The quantitative estimate of drug-likeness (QED) is 0.337. The number of rotatable bonds is 10. The molecule has 2 heterocycles. The summed E-state index contributed by atoms with van der Waals surface area (Å²) < 4.78 is 5.21. The van der Waals surface area contributed by atoms with Gasteiger partial charge in [-0.1, -0.05) is 41.8 Å². The maximum atomic E-state index is 13.0. The standard InChI is InChI=1S/C26H31Cl2N5O4/c1-2-37-26(36)22(33-24(34)21-11-18(12-30-21)31-16-4-3-5-16)10-15-6-8-17(9-7-15)32-25(35)23-19(27)13-29-14-20(23)28/h6-9,13-14,16,18,21-22,30-31H,2-5,10-12H2,1H3,(H,32,35)(H,33,34)/t18-,21?,22+/m1/s1. The van der Waals surface area contributed by atoms with Crippen molar-refractivity contribution in [3.05, 3.63) is 57.8 Å². The number of anilines is 1. The van der Waals surface area contributed by atoms with Crippen LogP contribution in [-0.2, 0) is 20.7 Å². The molecule has 3 atom stereocenters. The molecule has 2 aliphatic rings. The van der Waals surface area contributed by atoms with E-state index in [1.807, 2.05) is 0 Å². The van der Waals surface area contributed by atoms with E-state index in [1.54, 1.807) is 31.2 Å². The molecule has 1 aliphatic carbocycles. The summed E-state index contributed by atoms with van der Waals surface area (Å²) in [6, 6.07) is 6.56. The van der Waals surface area contributed by atoms with Crippen molar-refractivity contribution in [1.82, 2.24) is 20.9 Å². The Hall–Kier alpha value is -2.72. The van der Waals surface area contributed by atoms with Crippen LogP contribution in [0.4, 0.5) is 5.69 Å². The first-order valence-corrected chi connectivity index (χ1v) is 13.2. The van der Waals surface area contributed by atoms with Crippen molar-refractivity contribution in [2.45, 2.75) is 63.2 Å². The van der Waals surface area contributed by atoms with Gasteiger partial charge in [-0.2, -0.15) is 0 Å². The number of carbonyl (C=O) groups is 3. The van der Waals surface area contributed by atoms with Gasteiger partial charge in [0.25, 0.3) is 5.91 Å². The van der Waals surface area contributed by atoms with Gasteiger partial charge in [-0.25, -0.2) is 4.79 Å². The van der Waals surface area contributed by atoms with Crippen LogP contribution in [0.3, 0.4) is 0 Å². The highest BCUT2D eigenvalue weighted by Gasteiger charge is 2.34. The van der Waals surface area contributed by atoms with Gasteiger partial charge in [-0.15, -0.1) is 0 Å². The van der Waals surface area contributed by atoms with Crippen LogP contribution >= 0.6 is 23.2 Å². The first-order chi connectivity index (χ1) is 17.8. The molecule has 1 aromatic carbocycles. The van der Waals surface area contributed by atoms with Gasteiger partial charge in [0.2, 0.25) is 5.91 Å². The second kappa shape index (κ2) is 12.7. The number of pyridine rings is 1. The van der Waals surface area contributed by atoms with E-state index < -0.39 is 17.9 Å². The SMILES string of the molecule is CCOC(=O)[C@H](Cc1ccc(NC(=O)c2c(Cl)cncc2Cl)cc1)NC(=O)C1C[C@@H](NC2CCC2)CN1. The highest BCUT2D eigenvalue weighted by molar-refractivity contribution is 6.40. The van der Waals surface area contributed by atoms with E-state index >= 15 is 0 Å². The lowest BCUT2D eigenvalue weighted by Crippen LogP contribution is -2.49. The van der Waals surface area contributed by atoms with Crippen LogP contribution in [-0.4, -0.2) is 60.1 Å². The largest absolute Gasteiger partial charge is 0.464 e. The minimum absolute atomic E-state index is 0.137. The van der Waals surface area contributed by atoms with Crippen molar-refractivity contribution in [2.24, 2.45) is 0 Å². The Morgan fingerprint density at radius 1 is 1.11 bits per heavy atom. The minimum atomic E-state index is -0.831. The van der Waals surface area contributed by atoms with Crippen LogP contribution in [0.15, 0.2) is 36.7 Å². The fourth-order valence-electron chi connectivity index (χ4n) is 4.46. The van der Waals surface area contributed by atoms with E-state index in [2.05, 4.69) is 26.3 Å². The fraction of sp³-hybridized carbons (Fsp3) is 0.462. The van der Waals surface area contributed by atoms with Crippen molar-refractivity contribution in [2.75, 3.05) is 18.5 Å². The van der Waals surface area contributed by atoms with Gasteiger partial charge in [0.15, 0.2) is 0 Å². The zero-order chi connectivity index (χ0) is 26.4. The topological polar surface area (TPSA) is 121 Å². The Morgan fingerprint density at radius 2 is 1.81 bits per heavy atom. The van der Waals surface area contributed by atoms with Crippen molar-refractivity contribution in [3.8, 4) is 0 Å². The van der Waals surface area contributed by atoms with Gasteiger partial charge in [0.05, 0.1) is 28.3 Å². The minimum Gasteiger partial charge on any atom is -0.464 e. The highest BCUT2D eigenvalue weighted by Crippen LogP contribution is 2.24. The maximum Gasteiger partial charge on any atom is 0.328 e. The van der Waals surface area contributed by atoms with E-state index in [0.29, 0.717) is 18.2 Å². The summed E-state index contributed by atoms with van der Waals surface area (Å²) in [5.41, 5.74) is 1.45. The number of aromatic nitrogens is 1. The second-order valence-corrected chi connectivity index (χ2v) is 10.1. The molecule has 11 heteroatoms. The molecular formula is C26H31Cl2N5O4. The predicted molar refractivity (Wildman–Crippen MR) is 142 cm³/mol. The Balaban J connectivity index is 1.35. The van der Waals surface area contributed by atoms with E-state index in [1.165, 1.54) is 31.7 Å². The summed E-state index contributed by atoms with van der Waals surface area (Å²) in [7, 11) is 0. The van der Waals surface area contributed by atoms with Crippen molar-refractivity contribution >= 4 is 46.7 Å². The number of carbonyl (C=O) groups excluding carboxylic acids is 3. The van der Waals surface area contributed by atoms with Crippen LogP contribution in [0, 0.1) is 0 Å². The summed E-state index contributed by atoms with van der Waals surface area (Å²) >= 11 is 12.1. The van der Waals surface area contributed by atoms with E-state index in [4.69, 9.17) is 27.9 Å². The lowest BCUT2D eigenvalue weighted by molar-refractivity contribution is -0.147. The molecular weight excluding hydrogens is 517 g/mol. The van der Waals surface area contributed by atoms with Crippen LogP contribution in [0.2, 0.25) is 10.0 Å². The van der Waals surface area contributed by atoms with Gasteiger partial charge in [0.1, 0.15) is 6.04 Å². The molecule has 1 saturated heterocycles. The molecule has 2 fully saturated rings. The second-order valence-electron chi connectivity index (χ2n) is 9.33. The predicted octanol–water partition coefficient (Wildman–Crippen LogP) is 3.10. The number of hydrogen-bond donors (Lipinski definition) is 4. The fourth-order valence-corrected chi connectivity index (χ4v) is 5.00. The molecule has 1 aromatic heterocycles. The van der Waals surface area contributed by atoms with Gasteiger partial charge in [0, 0.05) is 43.1 Å². The third-order valence-corrected chi connectivity index (χ3v) is 7.22. The van der Waals surface area contributed by atoms with Crippen molar-refractivity contribution < 1.29 is 19.1 Å². The van der Waals surface area contributed by atoms with Crippen LogP contribution in [0.5, 0.6) is 0 Å². The summed E-state index contributed by atoms with van der Waals surface area (Å²) in [6.07, 6.45) is 7.25. The van der Waals surface area contributed by atoms with Crippen LogP contribution < -0.4 is 21.3 Å². The molecule has 1 saturated carbocycles. The molecule has 0 bridgehead atoms. The molecule has 0 radical (unpaired) electrons. The molecule has 4 rings (SSSR count). The normalized spacial score (nSPS) is 20.1. The van der Waals surface area contributed by atoms with Crippen molar-refractivity contribution in [1.29, 1.82) is 0 Å². The number of nitrogens with zero attached hydrogens (tertiary/aromatic N) is 1. The molecule has 1 aliphatic heterocycles. The van der Waals surface area contributed by atoms with E-state index in [0.717, 1.165) is 12.1 Å². The van der Waals surface area contributed by atoms with E-state index in [9.17, 15) is 14.4 Å². The van der Waals surface area contributed by atoms with Crippen LogP contribution in [0.1, 0.15) is 48.5 Å². The lowest BCUT2D eigenvalue weighted by Gasteiger charge is -2.29.